The summed E-state index contributed by atoms with van der Waals surface area (Å²) >= 11 is 1.44. The van der Waals surface area contributed by atoms with Gasteiger partial charge >= 0.3 is 5.69 Å². The molecule has 2 aromatic rings. The molecule has 0 aliphatic rings. The summed E-state index contributed by atoms with van der Waals surface area (Å²) in [7, 11) is 1.63. The van der Waals surface area contributed by atoms with Crippen molar-refractivity contribution in [2.75, 3.05) is 26.1 Å². The van der Waals surface area contributed by atoms with E-state index in [0.717, 1.165) is 6.42 Å². The quantitative estimate of drug-likeness (QED) is 0.554. The molecule has 7 nitrogen and oxygen atoms in total. The summed E-state index contributed by atoms with van der Waals surface area (Å²) in [5.74, 6) is 1.30. The van der Waals surface area contributed by atoms with Crippen LogP contribution >= 0.6 is 11.8 Å². The number of nitriles is 1. The molecule has 0 bridgehead atoms. The van der Waals surface area contributed by atoms with Gasteiger partial charge in [-0.1, -0.05) is 17.8 Å². The van der Waals surface area contributed by atoms with Crippen LogP contribution in [0.15, 0.2) is 34.2 Å². The van der Waals surface area contributed by atoms with Gasteiger partial charge < -0.3 is 9.47 Å². The molecule has 8 heteroatoms. The van der Waals surface area contributed by atoms with Crippen molar-refractivity contribution in [1.82, 2.24) is 14.8 Å². The van der Waals surface area contributed by atoms with Crippen LogP contribution in [0, 0.1) is 11.3 Å². The third kappa shape index (κ3) is 5.16. The topological polar surface area (TPSA) is 92.9 Å². The highest BCUT2D eigenvalue weighted by Crippen LogP contribution is 2.16. The fraction of sp³-hybridized carbons (Fsp3) is 0.400. The molecule has 1 N–H and O–H groups in total. The summed E-state index contributed by atoms with van der Waals surface area (Å²) in [6.07, 6.45) is 0.751. The number of nitrogens with zero attached hydrogens (tertiary/aromatic N) is 3. The van der Waals surface area contributed by atoms with Gasteiger partial charge in [0.15, 0.2) is 5.16 Å². The van der Waals surface area contributed by atoms with Crippen LogP contribution in [-0.4, -0.2) is 40.8 Å². The Kier molecular flexibility index (Phi) is 6.72. The number of nitrogens with one attached hydrogen (secondary N) is 1. The minimum absolute atomic E-state index is 0.216. The highest BCUT2D eigenvalue weighted by Gasteiger charge is 2.08. The number of benzene rings is 1. The highest BCUT2D eigenvalue weighted by molar-refractivity contribution is 7.99. The third-order valence-corrected chi connectivity index (χ3v) is 3.94. The van der Waals surface area contributed by atoms with E-state index in [0.29, 0.717) is 42.0 Å². The second-order valence-corrected chi connectivity index (χ2v) is 5.71. The van der Waals surface area contributed by atoms with E-state index in [-0.39, 0.29) is 5.69 Å². The second-order valence-electron chi connectivity index (χ2n) is 4.65. The zero-order chi connectivity index (χ0) is 16.5. The molecule has 2 rings (SSSR count). The highest BCUT2D eigenvalue weighted by atomic mass is 32.2. The van der Waals surface area contributed by atoms with Crippen LogP contribution in [0.4, 0.5) is 0 Å². The summed E-state index contributed by atoms with van der Waals surface area (Å²) < 4.78 is 12.2. The van der Waals surface area contributed by atoms with E-state index in [1.54, 1.807) is 35.9 Å². The standard InChI is InChI=1S/C15H18N4O3S/c1-21-7-3-6-19-14(20)17-18-15(19)23-9-8-22-13-5-2-4-12(10-13)11-16/h2,4-5,10H,3,6-9H2,1H3,(H,17,20). The predicted molar refractivity (Wildman–Crippen MR) is 86.7 cm³/mol. The average molecular weight is 334 g/mol. The Morgan fingerprint density at radius 3 is 3.09 bits per heavy atom. The Morgan fingerprint density at radius 2 is 2.30 bits per heavy atom. The van der Waals surface area contributed by atoms with Gasteiger partial charge in [0.25, 0.3) is 0 Å². The summed E-state index contributed by atoms with van der Waals surface area (Å²) in [4.78, 5) is 11.7. The van der Waals surface area contributed by atoms with E-state index in [9.17, 15) is 4.79 Å². The molecule has 0 spiro atoms. The summed E-state index contributed by atoms with van der Waals surface area (Å²) in [6.45, 7) is 1.62. The molecule has 1 aromatic heterocycles. The summed E-state index contributed by atoms with van der Waals surface area (Å²) in [5.41, 5.74) is 0.348. The van der Waals surface area contributed by atoms with E-state index in [1.807, 2.05) is 0 Å². The van der Waals surface area contributed by atoms with Crippen molar-refractivity contribution in [3.63, 3.8) is 0 Å². The Bertz CT molecular complexity index is 720. The molecule has 0 radical (unpaired) electrons. The van der Waals surface area contributed by atoms with E-state index < -0.39 is 0 Å². The largest absolute Gasteiger partial charge is 0.493 e. The van der Waals surface area contributed by atoms with Gasteiger partial charge in [-0.05, 0) is 24.6 Å². The van der Waals surface area contributed by atoms with E-state index in [4.69, 9.17) is 14.7 Å². The van der Waals surface area contributed by atoms with Crippen molar-refractivity contribution in [1.29, 1.82) is 5.26 Å². The molecule has 122 valence electrons. The van der Waals surface area contributed by atoms with Crippen LogP contribution < -0.4 is 10.4 Å². The Morgan fingerprint density at radius 1 is 1.43 bits per heavy atom. The molecular formula is C15H18N4O3S. The molecular weight excluding hydrogens is 316 g/mol. The predicted octanol–water partition coefficient (Wildman–Crippen LogP) is 1.65. The molecule has 0 atom stereocenters. The van der Waals surface area contributed by atoms with Crippen molar-refractivity contribution >= 4 is 11.8 Å². The number of H-pyrrole nitrogens is 1. The fourth-order valence-corrected chi connectivity index (χ4v) is 2.71. The van der Waals surface area contributed by atoms with Gasteiger partial charge in [0.05, 0.1) is 18.2 Å². The first kappa shape index (κ1) is 17.1. The smallest absolute Gasteiger partial charge is 0.343 e. The van der Waals surface area contributed by atoms with E-state index in [2.05, 4.69) is 16.3 Å². The lowest BCUT2D eigenvalue weighted by Gasteiger charge is -2.07. The third-order valence-electron chi connectivity index (χ3n) is 3.00. The molecule has 0 aliphatic heterocycles. The molecule has 1 heterocycles. The first-order valence-electron chi connectivity index (χ1n) is 7.14. The molecule has 0 aliphatic carbocycles. The molecule has 0 amide bonds. The van der Waals surface area contributed by atoms with Gasteiger partial charge in [-0.3, -0.25) is 4.57 Å². The lowest BCUT2D eigenvalue weighted by Crippen LogP contribution is -2.18. The van der Waals surface area contributed by atoms with Crippen LogP contribution in [0.1, 0.15) is 12.0 Å². The Labute approximate surface area is 138 Å². The molecule has 0 unspecified atom stereocenters. The number of methoxy groups -OCH3 is 1. The summed E-state index contributed by atoms with van der Waals surface area (Å²) in [5, 5.41) is 16.0. The van der Waals surface area contributed by atoms with Crippen molar-refractivity contribution in [3.05, 3.63) is 40.3 Å². The monoisotopic (exact) mass is 334 g/mol. The SMILES string of the molecule is COCCCn1c(SCCOc2cccc(C#N)c2)n[nH]c1=O. The van der Waals surface area contributed by atoms with Crippen molar-refractivity contribution < 1.29 is 9.47 Å². The van der Waals surface area contributed by atoms with Crippen molar-refractivity contribution in [2.45, 2.75) is 18.1 Å². The minimum Gasteiger partial charge on any atom is -0.493 e. The average Bonchev–Trinajstić information content (AvgIpc) is 2.92. The van der Waals surface area contributed by atoms with Crippen LogP contribution in [0.3, 0.4) is 0 Å². The molecule has 23 heavy (non-hydrogen) atoms. The second kappa shape index (κ2) is 9.02. The molecule has 0 saturated carbocycles. The van der Waals surface area contributed by atoms with Crippen LogP contribution in [-0.2, 0) is 11.3 Å². The fourth-order valence-electron chi connectivity index (χ4n) is 1.93. The number of hydrogen-bond acceptors (Lipinski definition) is 6. The van der Waals surface area contributed by atoms with Gasteiger partial charge in [0.1, 0.15) is 5.75 Å². The zero-order valence-corrected chi connectivity index (χ0v) is 13.6. The Balaban J connectivity index is 1.82. The van der Waals surface area contributed by atoms with Crippen molar-refractivity contribution in [2.24, 2.45) is 0 Å². The minimum atomic E-state index is -0.216. The van der Waals surface area contributed by atoms with Crippen LogP contribution in [0.5, 0.6) is 5.75 Å². The van der Waals surface area contributed by atoms with Gasteiger partial charge in [0, 0.05) is 26.0 Å². The van der Waals surface area contributed by atoms with Crippen molar-refractivity contribution in [3.8, 4) is 11.8 Å². The van der Waals surface area contributed by atoms with E-state index in [1.165, 1.54) is 11.8 Å². The van der Waals surface area contributed by atoms with Crippen LogP contribution in [0.2, 0.25) is 0 Å². The number of aromatic amines is 1. The van der Waals surface area contributed by atoms with Gasteiger partial charge in [-0.25, -0.2) is 9.89 Å². The first-order chi connectivity index (χ1) is 11.2. The summed E-state index contributed by atoms with van der Waals surface area (Å²) in [6, 6.07) is 9.08. The maximum atomic E-state index is 11.7. The maximum Gasteiger partial charge on any atom is 0.343 e. The molecule has 0 saturated heterocycles. The lowest BCUT2D eigenvalue weighted by molar-refractivity contribution is 0.189. The maximum absolute atomic E-state index is 11.7. The lowest BCUT2D eigenvalue weighted by atomic mass is 10.2. The van der Waals surface area contributed by atoms with E-state index >= 15 is 0 Å². The normalized spacial score (nSPS) is 10.4. The van der Waals surface area contributed by atoms with Gasteiger partial charge in [0.2, 0.25) is 0 Å². The first-order valence-corrected chi connectivity index (χ1v) is 8.13. The van der Waals surface area contributed by atoms with Gasteiger partial charge in [-0.15, -0.1) is 5.10 Å². The Hall–Kier alpha value is -2.24. The molecule has 0 fully saturated rings. The number of rotatable bonds is 9. The zero-order valence-electron chi connectivity index (χ0n) is 12.8. The molecule has 1 aromatic carbocycles. The number of thioether (sulfide) groups is 1. The van der Waals surface area contributed by atoms with Gasteiger partial charge in [-0.2, -0.15) is 5.26 Å². The van der Waals surface area contributed by atoms with Crippen LogP contribution in [0.25, 0.3) is 0 Å². The number of aromatic nitrogens is 3. The number of hydrogen-bond donors (Lipinski definition) is 1. The number of ether oxygens (including phenoxy) is 2.